The van der Waals surface area contributed by atoms with Crippen molar-refractivity contribution in [2.24, 2.45) is 5.16 Å². The molecule has 1 fully saturated rings. The maximum absolute atomic E-state index is 12.5. The molecule has 146 valence electrons. The van der Waals surface area contributed by atoms with Crippen LogP contribution in [-0.4, -0.2) is 43.3 Å². The van der Waals surface area contributed by atoms with Gasteiger partial charge in [0, 0.05) is 25.2 Å². The Kier molecular flexibility index (Phi) is 5.43. The third kappa shape index (κ3) is 4.09. The molecule has 2 aromatic rings. The zero-order valence-electron chi connectivity index (χ0n) is 14.6. The normalized spacial score (nSPS) is 19.1. The van der Waals surface area contributed by atoms with Crippen LogP contribution in [0.25, 0.3) is 0 Å². The predicted molar refractivity (Wildman–Crippen MR) is 111 cm³/mol. The molecule has 3 heterocycles. The highest BCUT2D eigenvalue weighted by atomic mass is 35.5. The molecular weight excluding hydrogens is 423 g/mol. The first-order chi connectivity index (χ1) is 13.5. The minimum atomic E-state index is -0.708. The van der Waals surface area contributed by atoms with Gasteiger partial charge in [0.15, 0.2) is 0 Å². The standard InChI is InChI=1S/C18H16Cl2N4O3S/c19-11-7-10(1-2-13(11)24-6-5-21-17(25)9-24)22-18(26)14-8-12(23-27-14)15-3-4-16(20)28-15/h1-4,7,14H,5-6,8-9H2,(H,21,25)(H,22,26). The minimum Gasteiger partial charge on any atom is -0.382 e. The Balaban J connectivity index is 1.38. The number of nitrogens with one attached hydrogen (secondary N) is 2. The van der Waals surface area contributed by atoms with Gasteiger partial charge in [0.05, 0.1) is 26.5 Å². The molecule has 1 saturated heterocycles. The molecule has 0 saturated carbocycles. The van der Waals surface area contributed by atoms with E-state index in [0.717, 1.165) is 10.6 Å². The van der Waals surface area contributed by atoms with Crippen LogP contribution in [-0.2, 0) is 14.4 Å². The summed E-state index contributed by atoms with van der Waals surface area (Å²) in [5.74, 6) is -0.344. The number of carbonyl (C=O) groups excluding carboxylic acids is 2. The number of amides is 2. The molecule has 2 amide bonds. The van der Waals surface area contributed by atoms with Crippen molar-refractivity contribution >= 4 is 63.4 Å². The SMILES string of the molecule is O=C1CN(c2ccc(NC(=O)C3CC(c4ccc(Cl)s4)=NO3)cc2Cl)CCN1. The summed E-state index contributed by atoms with van der Waals surface area (Å²) in [5.41, 5.74) is 2.01. The number of nitrogens with zero attached hydrogens (tertiary/aromatic N) is 2. The molecule has 0 radical (unpaired) electrons. The molecule has 1 atom stereocenters. The molecule has 1 aromatic carbocycles. The number of piperazine rings is 1. The number of oxime groups is 1. The maximum Gasteiger partial charge on any atom is 0.268 e. The Hall–Kier alpha value is -2.29. The van der Waals surface area contributed by atoms with Crippen LogP contribution >= 0.6 is 34.5 Å². The van der Waals surface area contributed by atoms with Gasteiger partial charge in [0.2, 0.25) is 12.0 Å². The van der Waals surface area contributed by atoms with E-state index in [0.29, 0.717) is 40.3 Å². The predicted octanol–water partition coefficient (Wildman–Crippen LogP) is 3.12. The Morgan fingerprint density at radius 1 is 1.32 bits per heavy atom. The third-order valence-electron chi connectivity index (χ3n) is 4.41. The first-order valence-corrected chi connectivity index (χ1v) is 10.2. The zero-order valence-corrected chi connectivity index (χ0v) is 16.9. The fraction of sp³-hybridized carbons (Fsp3) is 0.278. The zero-order chi connectivity index (χ0) is 19.7. The monoisotopic (exact) mass is 438 g/mol. The molecule has 0 aliphatic carbocycles. The van der Waals surface area contributed by atoms with Crippen LogP contribution in [0.1, 0.15) is 11.3 Å². The molecule has 28 heavy (non-hydrogen) atoms. The van der Waals surface area contributed by atoms with Crippen LogP contribution in [0.3, 0.4) is 0 Å². The largest absolute Gasteiger partial charge is 0.382 e. The van der Waals surface area contributed by atoms with E-state index in [2.05, 4.69) is 15.8 Å². The van der Waals surface area contributed by atoms with Crippen molar-refractivity contribution in [1.29, 1.82) is 0 Å². The number of thiophene rings is 1. The highest BCUT2D eigenvalue weighted by Gasteiger charge is 2.30. The van der Waals surface area contributed by atoms with Gasteiger partial charge in [-0.25, -0.2) is 0 Å². The van der Waals surface area contributed by atoms with Gasteiger partial charge in [0.1, 0.15) is 5.71 Å². The van der Waals surface area contributed by atoms with Gasteiger partial charge in [-0.2, -0.15) is 0 Å². The Bertz CT molecular complexity index is 962. The number of carbonyl (C=O) groups is 2. The van der Waals surface area contributed by atoms with Crippen LogP contribution in [0.2, 0.25) is 9.36 Å². The van der Waals surface area contributed by atoms with Crippen molar-refractivity contribution in [3.63, 3.8) is 0 Å². The van der Waals surface area contributed by atoms with Gasteiger partial charge in [0.25, 0.3) is 5.91 Å². The smallest absolute Gasteiger partial charge is 0.268 e. The number of hydrogen-bond donors (Lipinski definition) is 2. The lowest BCUT2D eigenvalue weighted by Crippen LogP contribution is -2.47. The Labute approximate surface area is 175 Å². The first kappa shape index (κ1) is 19.0. The highest BCUT2D eigenvalue weighted by Crippen LogP contribution is 2.30. The van der Waals surface area contributed by atoms with Gasteiger partial charge in [-0.05, 0) is 30.3 Å². The quantitative estimate of drug-likeness (QED) is 0.767. The van der Waals surface area contributed by atoms with Crippen molar-refractivity contribution in [2.45, 2.75) is 12.5 Å². The molecule has 4 rings (SSSR count). The summed E-state index contributed by atoms with van der Waals surface area (Å²) >= 11 is 13.7. The van der Waals surface area contributed by atoms with Crippen LogP contribution < -0.4 is 15.5 Å². The van der Waals surface area contributed by atoms with Gasteiger partial charge >= 0.3 is 0 Å². The number of anilines is 2. The summed E-state index contributed by atoms with van der Waals surface area (Å²) in [7, 11) is 0. The van der Waals surface area contributed by atoms with Crippen molar-refractivity contribution in [2.75, 3.05) is 29.9 Å². The van der Waals surface area contributed by atoms with Gasteiger partial charge in [-0.1, -0.05) is 28.4 Å². The number of benzene rings is 1. The second-order valence-electron chi connectivity index (χ2n) is 6.37. The number of rotatable bonds is 4. The van der Waals surface area contributed by atoms with Gasteiger partial charge in [-0.3, -0.25) is 9.59 Å². The second-order valence-corrected chi connectivity index (χ2v) is 8.49. The van der Waals surface area contributed by atoms with Crippen molar-refractivity contribution in [3.8, 4) is 0 Å². The molecule has 7 nitrogen and oxygen atoms in total. The molecule has 1 unspecified atom stereocenters. The lowest BCUT2D eigenvalue weighted by molar-refractivity contribution is -0.125. The summed E-state index contributed by atoms with van der Waals surface area (Å²) in [6.45, 7) is 1.51. The average molecular weight is 439 g/mol. The molecule has 0 spiro atoms. The Morgan fingerprint density at radius 2 is 2.18 bits per heavy atom. The van der Waals surface area contributed by atoms with E-state index in [4.69, 9.17) is 28.0 Å². The van der Waals surface area contributed by atoms with E-state index < -0.39 is 6.10 Å². The molecular formula is C18H16Cl2N4O3S. The minimum absolute atomic E-state index is 0.0408. The van der Waals surface area contributed by atoms with Crippen molar-refractivity contribution in [1.82, 2.24) is 5.32 Å². The molecule has 2 aliphatic heterocycles. The first-order valence-electron chi connectivity index (χ1n) is 8.60. The van der Waals surface area contributed by atoms with E-state index >= 15 is 0 Å². The summed E-state index contributed by atoms with van der Waals surface area (Å²) in [4.78, 5) is 32.1. The fourth-order valence-corrected chi connectivity index (χ4v) is 4.37. The van der Waals surface area contributed by atoms with Crippen LogP contribution in [0.15, 0.2) is 35.5 Å². The van der Waals surface area contributed by atoms with E-state index in [-0.39, 0.29) is 18.4 Å². The van der Waals surface area contributed by atoms with Gasteiger partial charge in [-0.15, -0.1) is 11.3 Å². The van der Waals surface area contributed by atoms with E-state index in [9.17, 15) is 9.59 Å². The van der Waals surface area contributed by atoms with E-state index in [1.165, 1.54) is 11.3 Å². The third-order valence-corrected chi connectivity index (χ3v) is 6.00. The summed E-state index contributed by atoms with van der Waals surface area (Å²) in [6.07, 6.45) is -0.336. The number of halogens is 2. The maximum atomic E-state index is 12.5. The molecule has 0 bridgehead atoms. The van der Waals surface area contributed by atoms with Crippen molar-refractivity contribution in [3.05, 3.63) is 44.6 Å². The number of hydrogen-bond acceptors (Lipinski definition) is 6. The summed E-state index contributed by atoms with van der Waals surface area (Å²) in [6, 6.07) is 8.85. The molecule has 1 aromatic heterocycles. The van der Waals surface area contributed by atoms with Crippen molar-refractivity contribution < 1.29 is 14.4 Å². The Morgan fingerprint density at radius 3 is 2.89 bits per heavy atom. The lowest BCUT2D eigenvalue weighted by Gasteiger charge is -2.29. The topological polar surface area (TPSA) is 83.0 Å². The summed E-state index contributed by atoms with van der Waals surface area (Å²) < 4.78 is 0.659. The van der Waals surface area contributed by atoms with Gasteiger partial charge < -0.3 is 20.4 Å². The second kappa shape index (κ2) is 7.98. The van der Waals surface area contributed by atoms with E-state index in [1.54, 1.807) is 24.3 Å². The molecule has 2 aliphatic rings. The van der Waals surface area contributed by atoms with Crippen LogP contribution in [0.5, 0.6) is 0 Å². The summed E-state index contributed by atoms with van der Waals surface area (Å²) in [5, 5.41) is 10.0. The van der Waals surface area contributed by atoms with E-state index in [1.807, 2.05) is 11.0 Å². The fourth-order valence-electron chi connectivity index (χ4n) is 3.04. The average Bonchev–Trinajstić information content (AvgIpc) is 3.31. The molecule has 2 N–H and O–H groups in total. The molecule has 10 heteroatoms. The lowest BCUT2D eigenvalue weighted by atomic mass is 10.1. The van der Waals surface area contributed by atoms with Crippen LogP contribution in [0, 0.1) is 0 Å². The highest BCUT2D eigenvalue weighted by molar-refractivity contribution is 7.18. The van der Waals surface area contributed by atoms with Crippen LogP contribution in [0.4, 0.5) is 11.4 Å².